The zero-order valence-corrected chi connectivity index (χ0v) is 16.6. The lowest BCUT2D eigenvalue weighted by molar-refractivity contribution is 0.0964. The average Bonchev–Trinajstić information content (AvgIpc) is 3.32. The Morgan fingerprint density at radius 1 is 1.28 bits per heavy atom. The van der Waals surface area contributed by atoms with Crippen LogP contribution < -0.4 is 10.6 Å². The minimum Gasteiger partial charge on any atom is -0.455 e. The van der Waals surface area contributed by atoms with E-state index in [1.165, 1.54) is 30.5 Å². The number of rotatable bonds is 2. The molecule has 2 N–H and O–H groups in total. The highest BCUT2D eigenvalue weighted by molar-refractivity contribution is 6.11. The van der Waals surface area contributed by atoms with Crippen LogP contribution in [0.1, 0.15) is 41.7 Å². The van der Waals surface area contributed by atoms with E-state index in [-0.39, 0.29) is 17.8 Å². The highest BCUT2D eigenvalue weighted by Crippen LogP contribution is 2.41. The second-order valence-electron chi connectivity index (χ2n) is 7.92. The zero-order valence-electron chi connectivity index (χ0n) is 16.6. The summed E-state index contributed by atoms with van der Waals surface area (Å²) in [6.07, 6.45) is 2.43. The lowest BCUT2D eigenvalue weighted by Crippen LogP contribution is -2.34. The number of nitrogens with one attached hydrogen (secondary N) is 2. The minimum absolute atomic E-state index is 0.212. The first kappa shape index (κ1) is 18.2. The molecule has 0 saturated carbocycles. The molecule has 5 rings (SSSR count). The monoisotopic (exact) mass is 393 g/mol. The Labute approximate surface area is 168 Å². The summed E-state index contributed by atoms with van der Waals surface area (Å²) in [4.78, 5) is 15.3. The standard InChI is InChI=1S/C23H24FN3O2/c1-13-17-10-18-20(11-19(17)26-12-16-4-3-9-27(13)16)29-22(21(18)23(28)25-2)14-5-7-15(24)8-6-14/h5-8,10-11,13,16,26H,3-4,9,12H2,1-2H3,(H,25,28)/t13?,16-/m0/s1. The zero-order chi connectivity index (χ0) is 20.1. The Balaban J connectivity index is 1.71. The summed E-state index contributed by atoms with van der Waals surface area (Å²) in [5.74, 6) is -0.0706. The predicted octanol–water partition coefficient (Wildman–Crippen LogP) is 4.55. The maximum Gasteiger partial charge on any atom is 0.255 e. The SMILES string of the molecule is CNC(=O)c1c(-c2ccc(F)cc2)oc2cc3c(cc12)C(C)N1CCC[C@H]1CN3. The summed E-state index contributed by atoms with van der Waals surface area (Å²) in [5.41, 5.74) is 4.06. The Morgan fingerprint density at radius 3 is 2.83 bits per heavy atom. The van der Waals surface area contributed by atoms with Gasteiger partial charge in [0.2, 0.25) is 0 Å². The van der Waals surface area contributed by atoms with Gasteiger partial charge in [-0.1, -0.05) is 0 Å². The summed E-state index contributed by atoms with van der Waals surface area (Å²) >= 11 is 0. The fourth-order valence-electron chi connectivity index (χ4n) is 4.81. The van der Waals surface area contributed by atoms with Gasteiger partial charge in [0.1, 0.15) is 17.2 Å². The van der Waals surface area contributed by atoms with E-state index in [1.54, 1.807) is 19.2 Å². The maximum absolute atomic E-state index is 13.4. The largest absolute Gasteiger partial charge is 0.455 e. The van der Waals surface area contributed by atoms with Gasteiger partial charge in [0.05, 0.1) is 5.56 Å². The molecule has 2 atom stereocenters. The Hall–Kier alpha value is -2.86. The molecule has 5 nitrogen and oxygen atoms in total. The van der Waals surface area contributed by atoms with Crippen LogP contribution in [0.2, 0.25) is 0 Å². The van der Waals surface area contributed by atoms with Gasteiger partial charge in [-0.2, -0.15) is 0 Å². The van der Waals surface area contributed by atoms with Crippen LogP contribution >= 0.6 is 0 Å². The van der Waals surface area contributed by atoms with Crippen molar-refractivity contribution < 1.29 is 13.6 Å². The molecule has 2 aliphatic rings. The van der Waals surface area contributed by atoms with E-state index < -0.39 is 0 Å². The van der Waals surface area contributed by atoms with E-state index in [4.69, 9.17) is 4.42 Å². The van der Waals surface area contributed by atoms with Crippen LogP contribution in [0.25, 0.3) is 22.3 Å². The molecule has 6 heteroatoms. The lowest BCUT2D eigenvalue weighted by Gasteiger charge is -2.28. The molecule has 1 fully saturated rings. The topological polar surface area (TPSA) is 57.5 Å². The van der Waals surface area contributed by atoms with E-state index in [0.717, 1.165) is 24.2 Å². The van der Waals surface area contributed by atoms with Gasteiger partial charge in [-0.3, -0.25) is 9.69 Å². The number of anilines is 1. The molecule has 3 heterocycles. The van der Waals surface area contributed by atoms with Crippen molar-refractivity contribution in [3.8, 4) is 11.3 Å². The number of hydrogen-bond acceptors (Lipinski definition) is 4. The number of halogens is 1. The van der Waals surface area contributed by atoms with Crippen molar-refractivity contribution in [2.45, 2.75) is 31.8 Å². The molecule has 0 bridgehead atoms. The number of fused-ring (bicyclic) bond motifs is 3. The summed E-state index contributed by atoms with van der Waals surface area (Å²) in [6.45, 7) is 4.24. The first-order valence-electron chi connectivity index (χ1n) is 10.1. The van der Waals surface area contributed by atoms with Gasteiger partial charge < -0.3 is 15.1 Å². The average molecular weight is 393 g/mol. The molecule has 1 saturated heterocycles. The number of carbonyl (C=O) groups excluding carboxylic acids is 1. The van der Waals surface area contributed by atoms with Crippen molar-refractivity contribution >= 4 is 22.6 Å². The highest BCUT2D eigenvalue weighted by atomic mass is 19.1. The van der Waals surface area contributed by atoms with E-state index in [1.807, 2.05) is 6.07 Å². The third kappa shape index (κ3) is 2.90. The molecule has 0 spiro atoms. The smallest absolute Gasteiger partial charge is 0.255 e. The predicted molar refractivity (Wildman–Crippen MR) is 112 cm³/mol. The normalized spacial score (nSPS) is 21.3. The molecule has 1 unspecified atom stereocenters. The van der Waals surface area contributed by atoms with Crippen LogP contribution in [0, 0.1) is 5.82 Å². The molecular formula is C23H24FN3O2. The highest BCUT2D eigenvalue weighted by Gasteiger charge is 2.34. The summed E-state index contributed by atoms with van der Waals surface area (Å²) in [6, 6.07) is 10.9. The van der Waals surface area contributed by atoms with E-state index in [9.17, 15) is 9.18 Å². The quantitative estimate of drug-likeness (QED) is 0.671. The molecule has 150 valence electrons. The molecule has 2 aromatic carbocycles. The maximum atomic E-state index is 13.4. The van der Waals surface area contributed by atoms with Crippen molar-refractivity contribution in [2.75, 3.05) is 25.5 Å². The van der Waals surface area contributed by atoms with E-state index >= 15 is 0 Å². The number of nitrogens with zero attached hydrogens (tertiary/aromatic N) is 1. The lowest BCUT2D eigenvalue weighted by atomic mass is 9.99. The van der Waals surface area contributed by atoms with Gasteiger partial charge in [-0.05, 0) is 62.2 Å². The van der Waals surface area contributed by atoms with Crippen LogP contribution in [0.4, 0.5) is 10.1 Å². The van der Waals surface area contributed by atoms with Gasteiger partial charge >= 0.3 is 0 Å². The van der Waals surface area contributed by atoms with Crippen molar-refractivity contribution in [3.63, 3.8) is 0 Å². The molecule has 0 aliphatic carbocycles. The van der Waals surface area contributed by atoms with Crippen LogP contribution in [-0.4, -0.2) is 37.0 Å². The minimum atomic E-state index is -0.323. The van der Waals surface area contributed by atoms with Gasteiger partial charge in [-0.25, -0.2) is 4.39 Å². The van der Waals surface area contributed by atoms with Crippen molar-refractivity contribution in [1.29, 1.82) is 0 Å². The number of furan rings is 1. The van der Waals surface area contributed by atoms with Crippen molar-refractivity contribution in [3.05, 3.63) is 53.3 Å². The molecule has 0 radical (unpaired) electrons. The van der Waals surface area contributed by atoms with E-state index in [2.05, 4.69) is 28.5 Å². The van der Waals surface area contributed by atoms with Gasteiger partial charge in [0.25, 0.3) is 5.91 Å². The first-order valence-corrected chi connectivity index (χ1v) is 10.1. The summed E-state index contributed by atoms with van der Waals surface area (Å²) in [5, 5.41) is 7.09. The number of benzene rings is 2. The molecule has 1 amide bonds. The molecule has 2 aliphatic heterocycles. The second kappa shape index (κ2) is 6.88. The Kier molecular flexibility index (Phi) is 4.32. The molecule has 29 heavy (non-hydrogen) atoms. The van der Waals surface area contributed by atoms with Crippen LogP contribution in [0.15, 0.2) is 40.8 Å². The van der Waals surface area contributed by atoms with Crippen LogP contribution in [-0.2, 0) is 0 Å². The Morgan fingerprint density at radius 2 is 2.07 bits per heavy atom. The summed E-state index contributed by atoms with van der Waals surface area (Å²) in [7, 11) is 1.61. The van der Waals surface area contributed by atoms with Crippen molar-refractivity contribution in [2.24, 2.45) is 0 Å². The first-order chi connectivity index (χ1) is 14.1. The molecule has 1 aromatic heterocycles. The Bertz CT molecular complexity index is 1090. The fraction of sp³-hybridized carbons (Fsp3) is 0.348. The second-order valence-corrected chi connectivity index (χ2v) is 7.92. The third-order valence-corrected chi connectivity index (χ3v) is 6.32. The van der Waals surface area contributed by atoms with Crippen molar-refractivity contribution in [1.82, 2.24) is 10.2 Å². The summed E-state index contributed by atoms with van der Waals surface area (Å²) < 4.78 is 19.5. The number of carbonyl (C=O) groups is 1. The molecular weight excluding hydrogens is 369 g/mol. The number of amides is 1. The van der Waals surface area contributed by atoms with Crippen LogP contribution in [0.5, 0.6) is 0 Å². The fourth-order valence-corrected chi connectivity index (χ4v) is 4.81. The molecule has 3 aromatic rings. The third-order valence-electron chi connectivity index (χ3n) is 6.32. The van der Waals surface area contributed by atoms with Gasteiger partial charge in [0.15, 0.2) is 0 Å². The van der Waals surface area contributed by atoms with Crippen LogP contribution in [0.3, 0.4) is 0 Å². The van der Waals surface area contributed by atoms with E-state index in [0.29, 0.717) is 28.5 Å². The van der Waals surface area contributed by atoms with Gasteiger partial charge in [0, 0.05) is 48.4 Å². The number of hydrogen-bond donors (Lipinski definition) is 2. The van der Waals surface area contributed by atoms with Gasteiger partial charge in [-0.15, -0.1) is 0 Å².